The molecule has 3 fully saturated rings. The number of carbonyl (C=O) groups is 2. The fraction of sp³-hybridized carbons (Fsp3) is 0.619. The number of hydrogen-bond acceptors (Lipinski definition) is 4. The number of rotatable bonds is 5. The quantitative estimate of drug-likeness (QED) is 0.791. The van der Waals surface area contributed by atoms with Gasteiger partial charge in [-0.25, -0.2) is 0 Å². The van der Waals surface area contributed by atoms with Gasteiger partial charge in [-0.2, -0.15) is 0 Å². The van der Waals surface area contributed by atoms with E-state index in [1.165, 1.54) is 6.42 Å². The molecule has 3 heterocycles. The second-order valence-electron chi connectivity index (χ2n) is 7.84. The molecule has 6 nitrogen and oxygen atoms in total. The molecule has 27 heavy (non-hydrogen) atoms. The highest BCUT2D eigenvalue weighted by molar-refractivity contribution is 5.94. The van der Waals surface area contributed by atoms with Crippen LogP contribution in [0.1, 0.15) is 41.6 Å². The van der Waals surface area contributed by atoms with E-state index >= 15 is 0 Å². The summed E-state index contributed by atoms with van der Waals surface area (Å²) in [6.07, 6.45) is 4.32. The highest BCUT2D eigenvalue weighted by Crippen LogP contribution is 2.17. The minimum absolute atomic E-state index is 0.107. The Hall–Kier alpha value is -1.92. The van der Waals surface area contributed by atoms with Crippen molar-refractivity contribution in [3.8, 4) is 0 Å². The van der Waals surface area contributed by atoms with Gasteiger partial charge in [-0.15, -0.1) is 0 Å². The zero-order valence-corrected chi connectivity index (χ0v) is 15.9. The number of ether oxygens (including phenoxy) is 1. The van der Waals surface area contributed by atoms with Crippen molar-refractivity contribution in [2.45, 2.75) is 38.3 Å². The fourth-order valence-corrected chi connectivity index (χ4v) is 4.24. The summed E-state index contributed by atoms with van der Waals surface area (Å²) in [5.74, 6) is 0.339. The van der Waals surface area contributed by atoms with E-state index in [1.807, 2.05) is 34.1 Å². The third-order valence-corrected chi connectivity index (χ3v) is 5.89. The number of amides is 2. The van der Waals surface area contributed by atoms with Gasteiger partial charge >= 0.3 is 0 Å². The Labute approximate surface area is 161 Å². The molecule has 0 spiro atoms. The van der Waals surface area contributed by atoms with Crippen LogP contribution in [0.4, 0.5) is 0 Å². The summed E-state index contributed by atoms with van der Waals surface area (Å²) in [6, 6.07) is 7.76. The van der Waals surface area contributed by atoms with Gasteiger partial charge in [0.15, 0.2) is 0 Å². The minimum Gasteiger partial charge on any atom is -0.377 e. The minimum atomic E-state index is 0.107. The molecule has 0 radical (unpaired) electrons. The molecular weight excluding hydrogens is 342 g/mol. The molecule has 3 saturated heterocycles. The monoisotopic (exact) mass is 371 g/mol. The van der Waals surface area contributed by atoms with Crippen molar-refractivity contribution in [3.05, 3.63) is 35.4 Å². The Morgan fingerprint density at radius 3 is 2.44 bits per heavy atom. The summed E-state index contributed by atoms with van der Waals surface area (Å²) >= 11 is 0. The highest BCUT2D eigenvalue weighted by atomic mass is 16.5. The number of hydrogen-bond donors (Lipinski definition) is 0. The van der Waals surface area contributed by atoms with Crippen LogP contribution in [0.3, 0.4) is 0 Å². The first-order chi connectivity index (χ1) is 13.2. The Balaban J connectivity index is 1.27. The van der Waals surface area contributed by atoms with Gasteiger partial charge in [0.2, 0.25) is 5.91 Å². The standard InChI is InChI=1S/C21H29N3O3/c25-20-4-1-9-24(20)15-17-5-7-18(8-6-17)21(26)23-12-10-22(11-13-23)16-19-3-2-14-27-19/h5-8,19H,1-4,9-16H2/t19-/m1/s1. The van der Waals surface area contributed by atoms with Crippen molar-refractivity contribution in [1.82, 2.24) is 14.7 Å². The lowest BCUT2D eigenvalue weighted by molar-refractivity contribution is -0.128. The lowest BCUT2D eigenvalue weighted by atomic mass is 10.1. The van der Waals surface area contributed by atoms with Crippen molar-refractivity contribution in [2.24, 2.45) is 0 Å². The molecule has 0 N–H and O–H groups in total. The highest BCUT2D eigenvalue weighted by Gasteiger charge is 2.25. The molecule has 2 amide bonds. The largest absolute Gasteiger partial charge is 0.377 e. The van der Waals surface area contributed by atoms with E-state index in [0.717, 1.165) is 69.8 Å². The number of likely N-dealkylation sites (tertiary alicyclic amines) is 1. The molecule has 0 bridgehead atoms. The third kappa shape index (κ3) is 4.50. The first-order valence-corrected chi connectivity index (χ1v) is 10.2. The number of carbonyl (C=O) groups excluding carboxylic acids is 2. The van der Waals surface area contributed by atoms with Crippen LogP contribution in [-0.4, -0.2) is 78.5 Å². The van der Waals surface area contributed by atoms with Crippen molar-refractivity contribution < 1.29 is 14.3 Å². The normalized spacial score (nSPS) is 24.0. The molecule has 0 unspecified atom stereocenters. The van der Waals surface area contributed by atoms with Gasteiger partial charge in [-0.3, -0.25) is 14.5 Å². The van der Waals surface area contributed by atoms with Crippen LogP contribution in [0.25, 0.3) is 0 Å². The van der Waals surface area contributed by atoms with Gasteiger partial charge in [0.1, 0.15) is 0 Å². The van der Waals surface area contributed by atoms with E-state index in [4.69, 9.17) is 4.74 Å². The topological polar surface area (TPSA) is 53.1 Å². The maximum atomic E-state index is 12.8. The third-order valence-electron chi connectivity index (χ3n) is 5.89. The number of nitrogens with zero attached hydrogens (tertiary/aromatic N) is 3. The maximum absolute atomic E-state index is 12.8. The molecular formula is C21H29N3O3. The first-order valence-electron chi connectivity index (χ1n) is 10.2. The smallest absolute Gasteiger partial charge is 0.253 e. The summed E-state index contributed by atoms with van der Waals surface area (Å²) in [4.78, 5) is 30.8. The van der Waals surface area contributed by atoms with E-state index in [-0.39, 0.29) is 11.8 Å². The second kappa shape index (κ2) is 8.40. The molecule has 1 aromatic rings. The summed E-state index contributed by atoms with van der Waals surface area (Å²) in [6.45, 7) is 6.76. The lowest BCUT2D eigenvalue weighted by Crippen LogP contribution is -2.50. The van der Waals surface area contributed by atoms with E-state index in [9.17, 15) is 9.59 Å². The van der Waals surface area contributed by atoms with Gasteiger partial charge in [-0.1, -0.05) is 12.1 Å². The Bertz CT molecular complexity index is 662. The summed E-state index contributed by atoms with van der Waals surface area (Å²) in [7, 11) is 0. The molecule has 6 heteroatoms. The van der Waals surface area contributed by atoms with Crippen LogP contribution >= 0.6 is 0 Å². The van der Waals surface area contributed by atoms with Crippen LogP contribution in [0.2, 0.25) is 0 Å². The van der Waals surface area contributed by atoms with E-state index < -0.39 is 0 Å². The Morgan fingerprint density at radius 2 is 1.81 bits per heavy atom. The second-order valence-corrected chi connectivity index (χ2v) is 7.84. The molecule has 1 atom stereocenters. The zero-order chi connectivity index (χ0) is 18.6. The van der Waals surface area contributed by atoms with E-state index in [2.05, 4.69) is 4.90 Å². The number of piperazine rings is 1. The van der Waals surface area contributed by atoms with Crippen LogP contribution in [0, 0.1) is 0 Å². The van der Waals surface area contributed by atoms with Gasteiger partial charge in [0.05, 0.1) is 6.10 Å². The number of benzene rings is 1. The lowest BCUT2D eigenvalue weighted by Gasteiger charge is -2.35. The van der Waals surface area contributed by atoms with E-state index in [0.29, 0.717) is 19.1 Å². The Morgan fingerprint density at radius 1 is 1.04 bits per heavy atom. The molecule has 0 aromatic heterocycles. The van der Waals surface area contributed by atoms with Crippen molar-refractivity contribution in [1.29, 1.82) is 0 Å². The Kier molecular flexibility index (Phi) is 5.74. The van der Waals surface area contributed by atoms with Crippen molar-refractivity contribution in [2.75, 3.05) is 45.9 Å². The molecule has 4 rings (SSSR count). The van der Waals surface area contributed by atoms with Crippen LogP contribution in [-0.2, 0) is 16.1 Å². The van der Waals surface area contributed by atoms with Gasteiger partial charge < -0.3 is 14.5 Å². The molecule has 3 aliphatic heterocycles. The predicted molar refractivity (Wildman–Crippen MR) is 102 cm³/mol. The van der Waals surface area contributed by atoms with Gasteiger partial charge in [0.25, 0.3) is 5.91 Å². The maximum Gasteiger partial charge on any atom is 0.253 e. The van der Waals surface area contributed by atoms with Crippen LogP contribution in [0.5, 0.6) is 0 Å². The van der Waals surface area contributed by atoms with E-state index in [1.54, 1.807) is 0 Å². The van der Waals surface area contributed by atoms with Gasteiger partial charge in [0, 0.05) is 64.4 Å². The predicted octanol–water partition coefficient (Wildman–Crippen LogP) is 1.75. The van der Waals surface area contributed by atoms with Crippen LogP contribution in [0.15, 0.2) is 24.3 Å². The molecule has 1 aromatic carbocycles. The van der Waals surface area contributed by atoms with Gasteiger partial charge in [-0.05, 0) is 37.0 Å². The SMILES string of the molecule is O=C1CCCN1Cc1ccc(C(=O)N2CCN(C[C@H]3CCCO3)CC2)cc1. The molecule has 0 aliphatic carbocycles. The van der Waals surface area contributed by atoms with Crippen molar-refractivity contribution in [3.63, 3.8) is 0 Å². The summed E-state index contributed by atoms with van der Waals surface area (Å²) in [5.41, 5.74) is 1.82. The average Bonchev–Trinajstić information content (AvgIpc) is 3.35. The molecule has 0 saturated carbocycles. The fourth-order valence-electron chi connectivity index (χ4n) is 4.24. The average molecular weight is 371 g/mol. The first kappa shape index (κ1) is 18.4. The summed E-state index contributed by atoms with van der Waals surface area (Å²) < 4.78 is 5.72. The summed E-state index contributed by atoms with van der Waals surface area (Å²) in [5, 5.41) is 0. The molecule has 146 valence electrons. The van der Waals surface area contributed by atoms with Crippen LogP contribution < -0.4 is 0 Å². The van der Waals surface area contributed by atoms with Crippen molar-refractivity contribution >= 4 is 11.8 Å². The zero-order valence-electron chi connectivity index (χ0n) is 15.9. The molecule has 3 aliphatic rings.